The Morgan fingerprint density at radius 3 is 2.22 bits per heavy atom. The molecule has 6 aromatic rings. The maximum atomic E-state index is 13.7. The molecule has 0 unspecified atom stereocenters. The van der Waals surface area contributed by atoms with Crippen LogP contribution in [0.1, 0.15) is 94.6 Å². The van der Waals surface area contributed by atoms with Crippen LogP contribution in [0.15, 0.2) is 90.0 Å². The smallest absolute Gasteiger partial charge is 0.291 e. The van der Waals surface area contributed by atoms with Gasteiger partial charge >= 0.3 is 0 Å². The molecular weight excluding hydrogens is 945 g/mol. The summed E-state index contributed by atoms with van der Waals surface area (Å²) in [5.74, 6) is 0.885. The van der Waals surface area contributed by atoms with Gasteiger partial charge in [-0.05, 0) is 106 Å². The van der Waals surface area contributed by atoms with Gasteiger partial charge in [-0.2, -0.15) is 0 Å². The predicted octanol–water partition coefficient (Wildman–Crippen LogP) is 6.08. The van der Waals surface area contributed by atoms with Crippen LogP contribution in [0.4, 0.5) is 11.4 Å². The monoisotopic (exact) mass is 1010 g/mol. The number of hydrogen-bond donors (Lipinski definition) is 3. The number of nitrogens with one attached hydrogen (secondary N) is 3. The van der Waals surface area contributed by atoms with Gasteiger partial charge in [0.25, 0.3) is 23.3 Å². The molecule has 6 heterocycles. The highest BCUT2D eigenvalue weighted by molar-refractivity contribution is 6.02. The molecule has 0 radical (unpaired) electrons. The number of aryl methyl sites for hydroxylation is 1. The minimum atomic E-state index is -0.313. The zero-order valence-electron chi connectivity index (χ0n) is 43.1. The molecule has 19 heteroatoms. The minimum Gasteiger partial charge on any atom is -0.491 e. The lowest BCUT2D eigenvalue weighted by atomic mass is 10.1. The first-order valence-corrected chi connectivity index (χ1v) is 25.6. The molecule has 19 nitrogen and oxygen atoms in total. The lowest BCUT2D eigenvalue weighted by molar-refractivity contribution is 0.00987. The minimum absolute atomic E-state index is 0.00371. The number of H-pyrrole nitrogens is 1. The fourth-order valence-electron chi connectivity index (χ4n) is 9.01. The van der Waals surface area contributed by atoms with Crippen molar-refractivity contribution >= 4 is 40.1 Å². The van der Waals surface area contributed by atoms with E-state index in [1.807, 2.05) is 75.7 Å². The number of carbonyl (C=O) groups is 3. The van der Waals surface area contributed by atoms with Crippen LogP contribution in [0.25, 0.3) is 11.0 Å². The number of hydrogen-bond acceptors (Lipinski definition) is 14. The highest BCUT2D eigenvalue weighted by Gasteiger charge is 2.30. The molecule has 1 fully saturated rings. The van der Waals surface area contributed by atoms with E-state index in [1.54, 1.807) is 53.6 Å². The molecule has 2 aliphatic rings. The van der Waals surface area contributed by atoms with Gasteiger partial charge in [-0.3, -0.25) is 29.1 Å². The van der Waals surface area contributed by atoms with Crippen LogP contribution in [0.5, 0.6) is 11.5 Å². The fourth-order valence-corrected chi connectivity index (χ4v) is 9.01. The average molecular weight is 1010 g/mol. The molecule has 74 heavy (non-hydrogen) atoms. The topological polar surface area (TPSA) is 208 Å². The zero-order chi connectivity index (χ0) is 52.0. The number of pyridine rings is 3. The predicted molar refractivity (Wildman–Crippen MR) is 281 cm³/mol. The van der Waals surface area contributed by atoms with E-state index in [9.17, 15) is 19.2 Å². The molecule has 0 aliphatic carbocycles. The van der Waals surface area contributed by atoms with Crippen LogP contribution in [-0.4, -0.2) is 144 Å². The molecule has 4 aromatic heterocycles. The Morgan fingerprint density at radius 1 is 0.770 bits per heavy atom. The summed E-state index contributed by atoms with van der Waals surface area (Å²) in [5.41, 5.74) is 7.43. The van der Waals surface area contributed by atoms with Crippen molar-refractivity contribution in [1.29, 1.82) is 0 Å². The molecule has 8 rings (SSSR count). The Kier molecular flexibility index (Phi) is 18.4. The van der Waals surface area contributed by atoms with Crippen LogP contribution >= 0.6 is 0 Å². The van der Waals surface area contributed by atoms with Crippen LogP contribution in [0, 0.1) is 0 Å². The van der Waals surface area contributed by atoms with Gasteiger partial charge in [0, 0.05) is 87.0 Å². The summed E-state index contributed by atoms with van der Waals surface area (Å²) in [5, 5.41) is 5.82. The van der Waals surface area contributed by atoms with Crippen LogP contribution < -0.4 is 30.6 Å². The van der Waals surface area contributed by atoms with Gasteiger partial charge in [-0.1, -0.05) is 13.0 Å². The summed E-state index contributed by atoms with van der Waals surface area (Å²) in [6, 6.07) is 21.9. The fraction of sp³-hybridized carbons (Fsp3) is 0.436. The lowest BCUT2D eigenvalue weighted by Crippen LogP contribution is -2.46. The molecule has 0 bridgehead atoms. The van der Waals surface area contributed by atoms with Gasteiger partial charge in [0.1, 0.15) is 23.8 Å². The summed E-state index contributed by atoms with van der Waals surface area (Å²) in [6.07, 6.45) is 4.92. The largest absolute Gasteiger partial charge is 0.491 e. The number of rotatable bonds is 24. The number of piperazine rings is 1. The summed E-state index contributed by atoms with van der Waals surface area (Å²) in [4.78, 5) is 75.4. The molecule has 0 saturated carbocycles. The second-order valence-electron chi connectivity index (χ2n) is 18.8. The molecule has 392 valence electrons. The molecule has 3 N–H and O–H groups in total. The molecule has 2 aliphatic heterocycles. The standard InChI is InChI=1S/C55H68N10O9/c1-6-40-32-47-48(61-52(40)66)30-39(33-57-47)35-62-19-21-63(22-20-62)43-12-15-46(58-34-43)53(67)56-17-23-70-24-25-71-26-27-72-28-29-73-45-9-7-8-41(31-45)55(69)64-18-16-50-49(36-64)60-51(65(50)37(2)3)54(68)59-42-10-13-44(14-11-42)74-38(4)5/h7-15,30-34,37-38H,6,16-29,35-36H2,1-5H3,(H,56,67)(H,59,68)(H,61,66). The van der Waals surface area contributed by atoms with Gasteiger partial charge in [0.05, 0.1) is 80.9 Å². The second kappa shape index (κ2) is 25.7. The van der Waals surface area contributed by atoms with Crippen molar-refractivity contribution in [2.24, 2.45) is 0 Å². The third-order valence-corrected chi connectivity index (χ3v) is 12.7. The molecule has 0 spiro atoms. The van der Waals surface area contributed by atoms with Crippen molar-refractivity contribution in [2.75, 3.05) is 95.7 Å². The zero-order valence-corrected chi connectivity index (χ0v) is 43.1. The number of amides is 3. The molecular formula is C55H68N10O9. The molecule has 2 aromatic carbocycles. The first-order chi connectivity index (χ1) is 35.9. The number of nitrogens with zero attached hydrogens (tertiary/aromatic N) is 7. The number of benzene rings is 2. The maximum absolute atomic E-state index is 13.7. The number of carbonyl (C=O) groups excluding carboxylic acids is 3. The molecule has 1 saturated heterocycles. The van der Waals surface area contributed by atoms with Crippen molar-refractivity contribution in [3.05, 3.63) is 135 Å². The van der Waals surface area contributed by atoms with Gasteiger partial charge in [0.15, 0.2) is 5.82 Å². The van der Waals surface area contributed by atoms with Crippen molar-refractivity contribution in [2.45, 2.75) is 72.7 Å². The summed E-state index contributed by atoms with van der Waals surface area (Å²) in [6.45, 7) is 17.7. The quantitative estimate of drug-likeness (QED) is 0.0588. The lowest BCUT2D eigenvalue weighted by Gasteiger charge is -2.36. The van der Waals surface area contributed by atoms with Gasteiger partial charge < -0.3 is 53.7 Å². The van der Waals surface area contributed by atoms with E-state index in [1.165, 1.54) is 0 Å². The third kappa shape index (κ3) is 14.1. The van der Waals surface area contributed by atoms with Crippen molar-refractivity contribution in [1.82, 2.24) is 39.6 Å². The van der Waals surface area contributed by atoms with Crippen molar-refractivity contribution < 1.29 is 38.1 Å². The van der Waals surface area contributed by atoms with Gasteiger partial charge in [-0.25, -0.2) is 9.97 Å². The van der Waals surface area contributed by atoms with Crippen molar-refractivity contribution in [3.63, 3.8) is 0 Å². The Morgan fingerprint density at radius 2 is 1.51 bits per heavy atom. The first-order valence-electron chi connectivity index (χ1n) is 25.6. The molecule has 3 amide bonds. The average Bonchev–Trinajstić information content (AvgIpc) is 3.80. The van der Waals surface area contributed by atoms with E-state index >= 15 is 0 Å². The van der Waals surface area contributed by atoms with Crippen LogP contribution in [0.3, 0.4) is 0 Å². The number of anilines is 2. The van der Waals surface area contributed by atoms with Gasteiger partial charge in [-0.15, -0.1) is 0 Å². The highest BCUT2D eigenvalue weighted by Crippen LogP contribution is 2.27. The number of aromatic nitrogens is 5. The Balaban J connectivity index is 0.658. The van der Waals surface area contributed by atoms with Crippen molar-refractivity contribution in [3.8, 4) is 11.5 Å². The van der Waals surface area contributed by atoms with E-state index < -0.39 is 0 Å². The van der Waals surface area contributed by atoms with E-state index in [0.717, 1.165) is 72.0 Å². The maximum Gasteiger partial charge on any atom is 0.291 e. The number of aromatic amines is 1. The molecule has 0 atom stereocenters. The Labute approximate surface area is 431 Å². The highest BCUT2D eigenvalue weighted by atomic mass is 16.6. The van der Waals surface area contributed by atoms with E-state index in [-0.39, 0.29) is 42.0 Å². The first kappa shape index (κ1) is 53.1. The summed E-state index contributed by atoms with van der Waals surface area (Å²) in [7, 11) is 0. The Hall–Kier alpha value is -7.19. The number of ether oxygens (including phenoxy) is 5. The Bertz CT molecular complexity index is 2900. The second-order valence-corrected chi connectivity index (χ2v) is 18.8. The van der Waals surface area contributed by atoms with E-state index in [2.05, 4.69) is 35.4 Å². The third-order valence-electron chi connectivity index (χ3n) is 12.7. The number of imidazole rings is 1. The SMILES string of the molecule is CCc1cc2ncc(CN3CCN(c4ccc(C(=O)NCCOCCOCCOCCOc5cccc(C(=O)N6CCc7c(nc(C(=O)Nc8ccc(OC(C)C)cc8)n7C(C)C)C6)c5)nc4)CC3)cc2[nH]c1=O. The van der Waals surface area contributed by atoms with Crippen LogP contribution in [0.2, 0.25) is 0 Å². The summed E-state index contributed by atoms with van der Waals surface area (Å²) < 4.78 is 30.5. The van der Waals surface area contributed by atoms with Gasteiger partial charge in [0.2, 0.25) is 0 Å². The number of fused-ring (bicyclic) bond motifs is 2. The van der Waals surface area contributed by atoms with E-state index in [4.69, 9.17) is 28.7 Å². The normalized spacial score (nSPS) is 13.9. The summed E-state index contributed by atoms with van der Waals surface area (Å²) >= 11 is 0. The van der Waals surface area contributed by atoms with Crippen LogP contribution in [-0.2, 0) is 40.1 Å². The van der Waals surface area contributed by atoms with E-state index in [0.29, 0.717) is 106 Å².